The van der Waals surface area contributed by atoms with E-state index in [-0.39, 0.29) is 24.0 Å². The first-order valence-electron chi connectivity index (χ1n) is 9.00. The monoisotopic (exact) mass is 464 g/mol. The molecule has 4 nitrogen and oxygen atoms in total. The van der Waals surface area contributed by atoms with Crippen molar-refractivity contribution in [2.24, 2.45) is 4.99 Å². The van der Waals surface area contributed by atoms with Crippen molar-refractivity contribution in [2.45, 2.75) is 46.1 Å². The van der Waals surface area contributed by atoms with Crippen LogP contribution >= 0.6 is 35.3 Å². The zero-order valence-corrected chi connectivity index (χ0v) is 18.6. The molecule has 1 saturated heterocycles. The lowest BCUT2D eigenvalue weighted by Crippen LogP contribution is -2.43. The van der Waals surface area contributed by atoms with Gasteiger partial charge in [-0.3, -0.25) is 9.89 Å². The smallest absolute Gasteiger partial charge is 0.193 e. The summed E-state index contributed by atoms with van der Waals surface area (Å²) in [6.07, 6.45) is 1.24. The van der Waals surface area contributed by atoms with Gasteiger partial charge in [-0.15, -0.1) is 35.3 Å². The fourth-order valence-electron chi connectivity index (χ4n) is 3.28. The highest BCUT2D eigenvalue weighted by molar-refractivity contribution is 14.0. The molecule has 1 fully saturated rings. The largest absolute Gasteiger partial charge is 0.357 e. The number of nitrogens with zero attached hydrogens (tertiary/aromatic N) is 3. The van der Waals surface area contributed by atoms with Crippen LogP contribution in [0.15, 0.2) is 22.5 Å². The summed E-state index contributed by atoms with van der Waals surface area (Å²) in [4.78, 5) is 11.3. The minimum atomic E-state index is 0. The number of likely N-dealkylation sites (tertiary alicyclic amines) is 1. The highest BCUT2D eigenvalue weighted by Gasteiger charge is 2.28. The number of likely N-dealkylation sites (N-methyl/N-ethyl adjacent to an activating group) is 1. The maximum absolute atomic E-state index is 4.92. The molecule has 1 aromatic heterocycles. The maximum Gasteiger partial charge on any atom is 0.193 e. The van der Waals surface area contributed by atoms with Crippen molar-refractivity contribution in [2.75, 3.05) is 39.3 Å². The van der Waals surface area contributed by atoms with Crippen LogP contribution < -0.4 is 5.32 Å². The van der Waals surface area contributed by atoms with Crippen LogP contribution in [0.5, 0.6) is 0 Å². The molecular formula is C18H33IN4S. The van der Waals surface area contributed by atoms with Gasteiger partial charge in [0.25, 0.3) is 0 Å². The van der Waals surface area contributed by atoms with E-state index in [1.54, 1.807) is 0 Å². The van der Waals surface area contributed by atoms with Gasteiger partial charge in [-0.25, -0.2) is 0 Å². The second-order valence-corrected chi connectivity index (χ2v) is 7.20. The van der Waals surface area contributed by atoms with Gasteiger partial charge in [0.1, 0.15) is 0 Å². The number of thiophene rings is 1. The van der Waals surface area contributed by atoms with Gasteiger partial charge in [0.05, 0.1) is 6.54 Å². The van der Waals surface area contributed by atoms with Crippen LogP contribution in [0.2, 0.25) is 0 Å². The third kappa shape index (κ3) is 5.88. The van der Waals surface area contributed by atoms with E-state index in [1.807, 2.05) is 11.3 Å². The summed E-state index contributed by atoms with van der Waals surface area (Å²) in [5.41, 5.74) is 0. The van der Waals surface area contributed by atoms with Crippen LogP contribution in [-0.2, 0) is 0 Å². The first-order valence-corrected chi connectivity index (χ1v) is 9.88. The number of halogens is 1. The number of hydrogen-bond acceptors (Lipinski definition) is 3. The molecule has 138 valence electrons. The molecule has 2 unspecified atom stereocenters. The van der Waals surface area contributed by atoms with Crippen molar-refractivity contribution >= 4 is 41.3 Å². The van der Waals surface area contributed by atoms with Gasteiger partial charge in [-0.1, -0.05) is 26.8 Å². The van der Waals surface area contributed by atoms with Crippen molar-refractivity contribution in [1.82, 2.24) is 15.1 Å². The molecule has 0 aromatic carbocycles. The summed E-state index contributed by atoms with van der Waals surface area (Å²) in [7, 11) is 0. The summed E-state index contributed by atoms with van der Waals surface area (Å²) >= 11 is 1.83. The minimum Gasteiger partial charge on any atom is -0.357 e. The molecule has 0 amide bonds. The van der Waals surface area contributed by atoms with E-state index in [0.29, 0.717) is 12.0 Å². The molecule has 0 saturated carbocycles. The number of nitrogens with one attached hydrogen (secondary N) is 1. The molecule has 2 atom stereocenters. The lowest BCUT2D eigenvalue weighted by Gasteiger charge is -2.27. The fourth-order valence-corrected chi connectivity index (χ4v) is 4.06. The van der Waals surface area contributed by atoms with Crippen molar-refractivity contribution in [1.29, 1.82) is 0 Å². The Balaban J connectivity index is 0.00000288. The lowest BCUT2D eigenvalue weighted by atomic mass is 10.1. The Morgan fingerprint density at radius 3 is 2.75 bits per heavy atom. The first-order chi connectivity index (χ1) is 11.2. The van der Waals surface area contributed by atoms with Gasteiger partial charge in [-0.05, 0) is 37.9 Å². The first kappa shape index (κ1) is 21.7. The third-order valence-corrected chi connectivity index (χ3v) is 5.77. The molecule has 0 bridgehead atoms. The van der Waals surface area contributed by atoms with Gasteiger partial charge in [0, 0.05) is 36.5 Å². The molecule has 24 heavy (non-hydrogen) atoms. The Kier molecular flexibility index (Phi) is 10.2. The third-order valence-electron chi connectivity index (χ3n) is 4.67. The van der Waals surface area contributed by atoms with Crippen LogP contribution in [0.3, 0.4) is 0 Å². The van der Waals surface area contributed by atoms with E-state index in [9.17, 15) is 0 Å². The van der Waals surface area contributed by atoms with E-state index in [1.165, 1.54) is 11.3 Å². The standard InChI is InChI=1S/C18H32N4S.HI/c1-5-19-18(20-13-15(4)17-9-8-12-23-17)22-11-10-16(14-22)21(6-2)7-3;/h8-9,12,15-16H,5-7,10-11,13-14H2,1-4H3,(H,19,20);1H. The van der Waals surface area contributed by atoms with Crippen LogP contribution in [0.25, 0.3) is 0 Å². The molecule has 1 aromatic rings. The lowest BCUT2D eigenvalue weighted by molar-refractivity contribution is 0.223. The van der Waals surface area contributed by atoms with E-state index in [2.05, 4.69) is 60.3 Å². The van der Waals surface area contributed by atoms with Gasteiger partial charge in [0.2, 0.25) is 0 Å². The highest BCUT2D eigenvalue weighted by Crippen LogP contribution is 2.21. The molecule has 0 radical (unpaired) electrons. The molecular weight excluding hydrogens is 431 g/mol. The number of hydrogen-bond donors (Lipinski definition) is 1. The quantitative estimate of drug-likeness (QED) is 0.378. The van der Waals surface area contributed by atoms with E-state index >= 15 is 0 Å². The average Bonchev–Trinajstić information content (AvgIpc) is 3.24. The van der Waals surface area contributed by atoms with Crippen molar-refractivity contribution in [3.8, 4) is 0 Å². The van der Waals surface area contributed by atoms with Crippen molar-refractivity contribution in [3.05, 3.63) is 22.4 Å². The summed E-state index contributed by atoms with van der Waals surface area (Å²) < 4.78 is 0. The van der Waals surface area contributed by atoms with Gasteiger partial charge in [0.15, 0.2) is 5.96 Å². The number of rotatable bonds is 7. The maximum atomic E-state index is 4.92. The molecule has 2 heterocycles. The fraction of sp³-hybridized carbons (Fsp3) is 0.722. The van der Waals surface area contributed by atoms with Crippen molar-refractivity contribution < 1.29 is 0 Å². The van der Waals surface area contributed by atoms with Gasteiger partial charge >= 0.3 is 0 Å². The number of aliphatic imine (C=N–C) groups is 1. The van der Waals surface area contributed by atoms with E-state index in [4.69, 9.17) is 4.99 Å². The summed E-state index contributed by atoms with van der Waals surface area (Å²) in [6, 6.07) is 5.01. The molecule has 1 aliphatic rings. The van der Waals surface area contributed by atoms with E-state index < -0.39 is 0 Å². The molecule has 2 rings (SSSR count). The Hall–Kier alpha value is -0.340. The summed E-state index contributed by atoms with van der Waals surface area (Å²) in [5.74, 6) is 1.58. The van der Waals surface area contributed by atoms with Crippen LogP contribution in [0.1, 0.15) is 44.9 Å². The van der Waals surface area contributed by atoms with Gasteiger partial charge in [-0.2, -0.15) is 0 Å². The molecule has 1 N–H and O–H groups in total. The summed E-state index contributed by atoms with van der Waals surface area (Å²) in [5, 5.41) is 5.63. The molecule has 6 heteroatoms. The second kappa shape index (κ2) is 11.3. The van der Waals surface area contributed by atoms with Crippen LogP contribution in [-0.4, -0.2) is 61.1 Å². The highest BCUT2D eigenvalue weighted by atomic mass is 127. The predicted molar refractivity (Wildman–Crippen MR) is 117 cm³/mol. The van der Waals surface area contributed by atoms with Crippen molar-refractivity contribution in [3.63, 3.8) is 0 Å². The zero-order valence-electron chi connectivity index (χ0n) is 15.5. The van der Waals surface area contributed by atoms with E-state index in [0.717, 1.165) is 45.2 Å². The second-order valence-electron chi connectivity index (χ2n) is 6.22. The zero-order chi connectivity index (χ0) is 16.7. The Morgan fingerprint density at radius 1 is 1.42 bits per heavy atom. The SMILES string of the molecule is CCNC(=NCC(C)c1cccs1)N1CCC(N(CC)CC)C1.I. The molecule has 1 aliphatic heterocycles. The topological polar surface area (TPSA) is 30.9 Å². The average molecular weight is 464 g/mol. The Morgan fingerprint density at radius 2 is 2.17 bits per heavy atom. The molecule has 0 spiro atoms. The Bertz CT molecular complexity index is 473. The Labute approximate surface area is 168 Å². The predicted octanol–water partition coefficient (Wildman–Crippen LogP) is 3.85. The number of guanidine groups is 1. The molecule has 0 aliphatic carbocycles. The van der Waals surface area contributed by atoms with Crippen LogP contribution in [0.4, 0.5) is 0 Å². The van der Waals surface area contributed by atoms with Crippen LogP contribution in [0, 0.1) is 0 Å². The minimum absolute atomic E-state index is 0. The summed E-state index contributed by atoms with van der Waals surface area (Å²) in [6.45, 7) is 15.2. The van der Waals surface area contributed by atoms with Gasteiger partial charge < -0.3 is 10.2 Å². The normalized spacial score (nSPS) is 19.5.